The van der Waals surface area contributed by atoms with Crippen LogP contribution < -0.4 is 14.8 Å². The van der Waals surface area contributed by atoms with Gasteiger partial charge in [-0.3, -0.25) is 0 Å². The van der Waals surface area contributed by atoms with Crippen LogP contribution in [0.3, 0.4) is 0 Å². The van der Waals surface area contributed by atoms with Crippen molar-refractivity contribution in [1.82, 2.24) is 5.32 Å². The highest BCUT2D eigenvalue weighted by Gasteiger charge is 2.21. The third-order valence-corrected chi connectivity index (χ3v) is 3.14. The van der Waals surface area contributed by atoms with Crippen LogP contribution >= 0.6 is 11.6 Å². The Labute approximate surface area is 107 Å². The van der Waals surface area contributed by atoms with Gasteiger partial charge in [0.25, 0.3) is 0 Å². The molecule has 0 spiro atoms. The molecule has 4 heteroatoms. The molecule has 0 radical (unpaired) electrons. The van der Waals surface area contributed by atoms with Crippen LogP contribution in [0, 0.1) is 0 Å². The van der Waals surface area contributed by atoms with Crippen molar-refractivity contribution in [2.75, 3.05) is 13.7 Å². The molecular formula is C13H18ClNO2. The Bertz CT molecular complexity index is 391. The summed E-state index contributed by atoms with van der Waals surface area (Å²) in [5, 5.41) is 4.16. The molecule has 1 aliphatic rings. The minimum atomic E-state index is 0.619. The summed E-state index contributed by atoms with van der Waals surface area (Å²) in [6.07, 6.45) is 2.54. The smallest absolute Gasteiger partial charge is 0.162 e. The van der Waals surface area contributed by atoms with Gasteiger partial charge in [0.2, 0.25) is 0 Å². The second-order valence-electron chi connectivity index (χ2n) is 4.18. The van der Waals surface area contributed by atoms with E-state index in [2.05, 4.69) is 5.32 Å². The first kappa shape index (κ1) is 12.5. The molecular weight excluding hydrogens is 238 g/mol. The minimum Gasteiger partial charge on any atom is -0.493 e. The van der Waals surface area contributed by atoms with E-state index in [0.29, 0.717) is 18.4 Å². The van der Waals surface area contributed by atoms with Gasteiger partial charge in [-0.05, 0) is 31.4 Å². The zero-order chi connectivity index (χ0) is 12.3. The maximum absolute atomic E-state index is 6.21. The molecule has 1 saturated carbocycles. The maximum atomic E-state index is 6.21. The number of hydrogen-bond donors (Lipinski definition) is 1. The molecule has 1 aromatic rings. The van der Waals surface area contributed by atoms with E-state index in [4.69, 9.17) is 21.1 Å². The number of halogens is 1. The second-order valence-corrected chi connectivity index (χ2v) is 4.59. The van der Waals surface area contributed by atoms with Crippen molar-refractivity contribution in [3.05, 3.63) is 22.7 Å². The van der Waals surface area contributed by atoms with Crippen LogP contribution in [0.5, 0.6) is 11.5 Å². The molecule has 0 aliphatic heterocycles. The summed E-state index contributed by atoms with van der Waals surface area (Å²) in [6, 6.07) is 4.44. The SMILES string of the molecule is CCOc1cc(CNC2CC2)c(Cl)cc1OC. The molecule has 2 rings (SSSR count). The highest BCUT2D eigenvalue weighted by molar-refractivity contribution is 6.31. The van der Waals surface area contributed by atoms with Gasteiger partial charge in [-0.2, -0.15) is 0 Å². The van der Waals surface area contributed by atoms with Crippen molar-refractivity contribution < 1.29 is 9.47 Å². The third kappa shape index (κ3) is 3.27. The molecule has 1 N–H and O–H groups in total. The van der Waals surface area contributed by atoms with Gasteiger partial charge in [0.15, 0.2) is 11.5 Å². The van der Waals surface area contributed by atoms with Crippen LogP contribution in [-0.2, 0) is 6.54 Å². The van der Waals surface area contributed by atoms with E-state index in [1.165, 1.54) is 12.8 Å². The molecule has 94 valence electrons. The summed E-state index contributed by atoms with van der Waals surface area (Å²) in [5.41, 5.74) is 1.06. The van der Waals surface area contributed by atoms with Crippen LogP contribution in [0.1, 0.15) is 25.3 Å². The zero-order valence-corrected chi connectivity index (χ0v) is 11.0. The number of rotatable bonds is 6. The molecule has 17 heavy (non-hydrogen) atoms. The summed E-state index contributed by atoms with van der Waals surface area (Å²) in [7, 11) is 1.62. The van der Waals surface area contributed by atoms with Gasteiger partial charge in [0.05, 0.1) is 13.7 Å². The first-order valence-corrected chi connectivity index (χ1v) is 6.35. The van der Waals surface area contributed by atoms with Gasteiger partial charge in [-0.15, -0.1) is 0 Å². The van der Waals surface area contributed by atoms with Crippen molar-refractivity contribution in [1.29, 1.82) is 0 Å². The molecule has 0 unspecified atom stereocenters. The van der Waals surface area contributed by atoms with E-state index in [1.54, 1.807) is 7.11 Å². The van der Waals surface area contributed by atoms with Crippen LogP contribution in [0.15, 0.2) is 12.1 Å². The molecule has 0 amide bonds. The molecule has 1 aromatic carbocycles. The fourth-order valence-corrected chi connectivity index (χ4v) is 1.90. The van der Waals surface area contributed by atoms with Crippen molar-refractivity contribution in [3.8, 4) is 11.5 Å². The lowest BCUT2D eigenvalue weighted by Gasteiger charge is -2.13. The van der Waals surface area contributed by atoms with Gasteiger partial charge >= 0.3 is 0 Å². The number of nitrogens with one attached hydrogen (secondary N) is 1. The Hall–Kier alpha value is -0.930. The molecule has 0 aromatic heterocycles. The fourth-order valence-electron chi connectivity index (χ4n) is 1.68. The van der Waals surface area contributed by atoms with Gasteiger partial charge in [-0.1, -0.05) is 11.6 Å². The first-order chi connectivity index (χ1) is 8.24. The molecule has 0 atom stereocenters. The lowest BCUT2D eigenvalue weighted by molar-refractivity contribution is 0.310. The first-order valence-electron chi connectivity index (χ1n) is 5.97. The monoisotopic (exact) mass is 255 g/mol. The maximum Gasteiger partial charge on any atom is 0.162 e. The number of hydrogen-bond acceptors (Lipinski definition) is 3. The van der Waals surface area contributed by atoms with E-state index >= 15 is 0 Å². The van der Waals surface area contributed by atoms with Gasteiger partial charge in [-0.25, -0.2) is 0 Å². The lowest BCUT2D eigenvalue weighted by atomic mass is 10.2. The van der Waals surface area contributed by atoms with Crippen LogP contribution in [0.4, 0.5) is 0 Å². The molecule has 1 fully saturated rings. The predicted octanol–water partition coefficient (Wildman–Crippen LogP) is 3.00. The van der Waals surface area contributed by atoms with Crippen LogP contribution in [0.2, 0.25) is 5.02 Å². The summed E-state index contributed by atoms with van der Waals surface area (Å²) in [4.78, 5) is 0. The molecule has 1 aliphatic carbocycles. The van der Waals surface area contributed by atoms with E-state index in [1.807, 2.05) is 19.1 Å². The zero-order valence-electron chi connectivity index (χ0n) is 10.3. The standard InChI is InChI=1S/C13H18ClNO2/c1-3-17-13-6-9(8-15-10-4-5-10)11(14)7-12(13)16-2/h6-7,10,15H,3-5,8H2,1-2H3. The molecule has 0 bridgehead atoms. The summed E-state index contributed by atoms with van der Waals surface area (Å²) < 4.78 is 10.8. The molecule has 0 saturated heterocycles. The van der Waals surface area contributed by atoms with Crippen molar-refractivity contribution >= 4 is 11.6 Å². The highest BCUT2D eigenvalue weighted by atomic mass is 35.5. The Morgan fingerprint density at radius 1 is 1.35 bits per heavy atom. The molecule has 0 heterocycles. The Balaban J connectivity index is 2.14. The Morgan fingerprint density at radius 2 is 2.12 bits per heavy atom. The average Bonchev–Trinajstić information content (AvgIpc) is 3.13. The van der Waals surface area contributed by atoms with E-state index in [9.17, 15) is 0 Å². The fraction of sp³-hybridized carbons (Fsp3) is 0.538. The van der Waals surface area contributed by atoms with Crippen molar-refractivity contribution in [2.45, 2.75) is 32.4 Å². The average molecular weight is 256 g/mol. The normalized spacial score (nSPS) is 14.8. The van der Waals surface area contributed by atoms with Gasteiger partial charge in [0, 0.05) is 23.7 Å². The van der Waals surface area contributed by atoms with E-state index < -0.39 is 0 Å². The quantitative estimate of drug-likeness (QED) is 0.848. The number of methoxy groups -OCH3 is 1. The highest BCUT2D eigenvalue weighted by Crippen LogP contribution is 2.33. The Morgan fingerprint density at radius 3 is 2.71 bits per heavy atom. The number of ether oxygens (including phenoxy) is 2. The van der Waals surface area contributed by atoms with Gasteiger partial charge < -0.3 is 14.8 Å². The van der Waals surface area contributed by atoms with Crippen LogP contribution in [-0.4, -0.2) is 19.8 Å². The van der Waals surface area contributed by atoms with E-state index in [0.717, 1.165) is 22.9 Å². The largest absolute Gasteiger partial charge is 0.493 e. The second kappa shape index (κ2) is 5.61. The summed E-state index contributed by atoms with van der Waals surface area (Å²) in [6.45, 7) is 3.36. The van der Waals surface area contributed by atoms with Crippen molar-refractivity contribution in [2.24, 2.45) is 0 Å². The minimum absolute atomic E-state index is 0.619. The molecule has 3 nitrogen and oxygen atoms in total. The summed E-state index contributed by atoms with van der Waals surface area (Å²) >= 11 is 6.21. The third-order valence-electron chi connectivity index (χ3n) is 2.79. The van der Waals surface area contributed by atoms with Crippen molar-refractivity contribution in [3.63, 3.8) is 0 Å². The topological polar surface area (TPSA) is 30.5 Å². The predicted molar refractivity (Wildman–Crippen MR) is 69.0 cm³/mol. The van der Waals surface area contributed by atoms with Gasteiger partial charge in [0.1, 0.15) is 0 Å². The van der Waals surface area contributed by atoms with E-state index in [-0.39, 0.29) is 0 Å². The Kier molecular flexibility index (Phi) is 4.13. The van der Waals surface area contributed by atoms with Crippen LogP contribution in [0.25, 0.3) is 0 Å². The summed E-state index contributed by atoms with van der Waals surface area (Å²) in [5.74, 6) is 1.44. The lowest BCUT2D eigenvalue weighted by Crippen LogP contribution is -2.15. The number of benzene rings is 1.